The molecular formula is C18H17F2NO4S. The molecule has 0 saturated heterocycles. The molecule has 0 spiro atoms. The van der Waals surface area contributed by atoms with E-state index in [0.717, 1.165) is 18.2 Å². The Hall–Kier alpha value is -2.61. The van der Waals surface area contributed by atoms with Crippen molar-refractivity contribution in [2.45, 2.75) is 24.8 Å². The number of carbonyl (C=O) groups is 2. The molecule has 0 unspecified atom stereocenters. The predicted molar refractivity (Wildman–Crippen MR) is 93.3 cm³/mol. The number of nitrogens with one attached hydrogen (secondary N) is 1. The largest absolute Gasteiger partial charge is 0.449 e. The van der Waals surface area contributed by atoms with Gasteiger partial charge in [0.1, 0.15) is 17.3 Å². The summed E-state index contributed by atoms with van der Waals surface area (Å²) in [5.74, 6) is -3.32. The molecule has 138 valence electrons. The lowest BCUT2D eigenvalue weighted by atomic mass is 10.2. The van der Waals surface area contributed by atoms with Crippen molar-refractivity contribution in [1.29, 1.82) is 0 Å². The van der Waals surface area contributed by atoms with E-state index in [1.54, 1.807) is 19.1 Å². The minimum Gasteiger partial charge on any atom is -0.449 e. The van der Waals surface area contributed by atoms with Gasteiger partial charge in [-0.1, -0.05) is 25.1 Å². The fourth-order valence-electron chi connectivity index (χ4n) is 2.11. The van der Waals surface area contributed by atoms with Gasteiger partial charge in [-0.25, -0.2) is 13.6 Å². The number of para-hydroxylation sites is 1. The van der Waals surface area contributed by atoms with E-state index in [9.17, 15) is 22.6 Å². The summed E-state index contributed by atoms with van der Waals surface area (Å²) in [6, 6.07) is 9.33. The second-order valence-corrected chi connectivity index (χ2v) is 6.97. The van der Waals surface area contributed by atoms with Gasteiger partial charge >= 0.3 is 5.97 Å². The van der Waals surface area contributed by atoms with Crippen LogP contribution in [0.2, 0.25) is 0 Å². The maximum atomic E-state index is 13.6. The quantitative estimate of drug-likeness (QED) is 0.780. The van der Waals surface area contributed by atoms with Crippen molar-refractivity contribution in [3.05, 3.63) is 59.7 Å². The second kappa shape index (κ2) is 8.66. The summed E-state index contributed by atoms with van der Waals surface area (Å²) in [4.78, 5) is 24.7. The maximum absolute atomic E-state index is 13.6. The van der Waals surface area contributed by atoms with Crippen LogP contribution in [0.15, 0.2) is 47.4 Å². The van der Waals surface area contributed by atoms with Crippen LogP contribution in [0.1, 0.15) is 24.2 Å². The molecule has 0 aliphatic heterocycles. The number of benzene rings is 2. The zero-order chi connectivity index (χ0) is 19.3. The summed E-state index contributed by atoms with van der Waals surface area (Å²) in [5, 5.41) is 2.06. The zero-order valence-electron chi connectivity index (χ0n) is 14.1. The lowest BCUT2D eigenvalue weighted by Crippen LogP contribution is -2.31. The summed E-state index contributed by atoms with van der Waals surface area (Å²) in [5.41, 5.74) is -0.544. The van der Waals surface area contributed by atoms with Crippen LogP contribution >= 0.6 is 0 Å². The van der Waals surface area contributed by atoms with Gasteiger partial charge < -0.3 is 10.1 Å². The van der Waals surface area contributed by atoms with Gasteiger partial charge in [0.25, 0.3) is 5.91 Å². The van der Waals surface area contributed by atoms with Crippen molar-refractivity contribution in [1.82, 2.24) is 0 Å². The minimum atomic E-state index is -1.39. The van der Waals surface area contributed by atoms with Crippen molar-refractivity contribution in [2.24, 2.45) is 0 Å². The van der Waals surface area contributed by atoms with E-state index in [1.165, 1.54) is 19.1 Å². The number of carbonyl (C=O) groups excluding carboxylic acids is 2. The van der Waals surface area contributed by atoms with Gasteiger partial charge in [-0.3, -0.25) is 9.00 Å². The van der Waals surface area contributed by atoms with E-state index >= 15 is 0 Å². The average Bonchev–Trinajstić information content (AvgIpc) is 2.63. The van der Waals surface area contributed by atoms with Gasteiger partial charge in [0.2, 0.25) is 0 Å². The van der Waals surface area contributed by atoms with Crippen LogP contribution in [0.3, 0.4) is 0 Å². The molecule has 0 saturated carbocycles. The molecule has 0 bridgehead atoms. The van der Waals surface area contributed by atoms with Crippen molar-refractivity contribution in [2.75, 3.05) is 11.1 Å². The van der Waals surface area contributed by atoms with E-state index in [1.807, 2.05) is 0 Å². The molecule has 2 aromatic rings. The predicted octanol–water partition coefficient (Wildman–Crippen LogP) is 3.28. The van der Waals surface area contributed by atoms with Crippen LogP contribution < -0.4 is 5.32 Å². The third-order valence-electron chi connectivity index (χ3n) is 3.48. The number of amides is 1. The molecule has 0 aromatic heterocycles. The van der Waals surface area contributed by atoms with E-state index in [2.05, 4.69) is 5.32 Å². The lowest BCUT2D eigenvalue weighted by molar-refractivity contribution is -0.123. The highest BCUT2D eigenvalue weighted by atomic mass is 32.2. The number of hydrogen-bond donors (Lipinski definition) is 1. The third kappa shape index (κ3) is 4.51. The van der Waals surface area contributed by atoms with Crippen molar-refractivity contribution < 1.29 is 27.3 Å². The van der Waals surface area contributed by atoms with Gasteiger partial charge in [-0.2, -0.15) is 0 Å². The molecular weight excluding hydrogens is 364 g/mol. The first-order chi connectivity index (χ1) is 12.3. The minimum absolute atomic E-state index is 0.0735. The van der Waals surface area contributed by atoms with Gasteiger partial charge in [0, 0.05) is 5.75 Å². The van der Waals surface area contributed by atoms with Gasteiger partial charge in [-0.15, -0.1) is 0 Å². The molecule has 0 heterocycles. The molecule has 0 fully saturated rings. The molecule has 1 amide bonds. The first-order valence-corrected chi connectivity index (χ1v) is 9.10. The Balaban J connectivity index is 2.12. The summed E-state index contributed by atoms with van der Waals surface area (Å²) in [7, 11) is -1.39. The summed E-state index contributed by atoms with van der Waals surface area (Å²) < 4.78 is 44.2. The van der Waals surface area contributed by atoms with Crippen molar-refractivity contribution in [3.63, 3.8) is 0 Å². The fraction of sp³-hybridized carbons (Fsp3) is 0.222. The third-order valence-corrected chi connectivity index (χ3v) is 4.85. The smallest absolute Gasteiger partial charge is 0.340 e. The average molecular weight is 381 g/mol. The number of ether oxygens (including phenoxy) is 1. The molecule has 2 rings (SSSR count). The second-order valence-electron chi connectivity index (χ2n) is 5.26. The molecule has 26 heavy (non-hydrogen) atoms. The normalized spacial score (nSPS) is 12.9. The van der Waals surface area contributed by atoms with Crippen LogP contribution in [0.5, 0.6) is 0 Å². The molecule has 5 nitrogen and oxygen atoms in total. The highest BCUT2D eigenvalue weighted by Gasteiger charge is 2.23. The fourth-order valence-corrected chi connectivity index (χ4v) is 3.05. The standard InChI is InChI=1S/C18H17F2NO4S/c1-3-26(24)15-10-5-4-7-12(15)18(23)25-11(2)17(22)21-16-13(19)8-6-9-14(16)20/h4-11H,3H2,1-2H3,(H,21,22)/t11-,26-/m1/s1. The van der Waals surface area contributed by atoms with Crippen LogP contribution in [0, 0.1) is 11.6 Å². The Kier molecular flexibility index (Phi) is 6.57. The molecule has 1 N–H and O–H groups in total. The molecule has 0 aliphatic rings. The van der Waals surface area contributed by atoms with Crippen molar-refractivity contribution >= 4 is 28.4 Å². The van der Waals surface area contributed by atoms with Crippen LogP contribution in [-0.4, -0.2) is 27.9 Å². The van der Waals surface area contributed by atoms with Gasteiger partial charge in [-0.05, 0) is 31.2 Å². The number of hydrogen-bond acceptors (Lipinski definition) is 4. The number of rotatable bonds is 6. The molecule has 0 radical (unpaired) electrons. The number of anilines is 1. The Morgan fingerprint density at radius 1 is 1.12 bits per heavy atom. The Morgan fingerprint density at radius 3 is 2.35 bits per heavy atom. The van der Waals surface area contributed by atoms with Crippen LogP contribution in [0.25, 0.3) is 0 Å². The van der Waals surface area contributed by atoms with Crippen molar-refractivity contribution in [3.8, 4) is 0 Å². The zero-order valence-corrected chi connectivity index (χ0v) is 14.9. The summed E-state index contributed by atoms with van der Waals surface area (Å²) >= 11 is 0. The number of halogens is 2. The first-order valence-electron chi connectivity index (χ1n) is 7.78. The first kappa shape index (κ1) is 19.7. The Bertz CT molecular complexity index is 837. The highest BCUT2D eigenvalue weighted by molar-refractivity contribution is 7.85. The van der Waals surface area contributed by atoms with E-state index < -0.39 is 46.1 Å². The monoisotopic (exact) mass is 381 g/mol. The SMILES string of the molecule is CC[S@@](=O)c1ccccc1C(=O)O[C@H](C)C(=O)Nc1c(F)cccc1F. The number of esters is 1. The molecule has 2 atom stereocenters. The van der Waals surface area contributed by atoms with Crippen LogP contribution in [0.4, 0.5) is 14.5 Å². The Morgan fingerprint density at radius 2 is 1.73 bits per heavy atom. The molecule has 2 aromatic carbocycles. The Labute approximate surface area is 151 Å². The summed E-state index contributed by atoms with van der Waals surface area (Å²) in [6.45, 7) is 2.97. The van der Waals surface area contributed by atoms with E-state index in [4.69, 9.17) is 4.74 Å². The topological polar surface area (TPSA) is 72.5 Å². The molecule has 0 aliphatic carbocycles. The van der Waals surface area contributed by atoms with Crippen LogP contribution in [-0.2, 0) is 20.3 Å². The van der Waals surface area contributed by atoms with Gasteiger partial charge in [0.05, 0.1) is 21.3 Å². The summed E-state index contributed by atoms with van der Waals surface area (Å²) in [6.07, 6.45) is -1.32. The van der Waals surface area contributed by atoms with E-state index in [-0.39, 0.29) is 5.56 Å². The maximum Gasteiger partial charge on any atom is 0.340 e. The lowest BCUT2D eigenvalue weighted by Gasteiger charge is -2.15. The van der Waals surface area contributed by atoms with E-state index in [0.29, 0.717) is 10.6 Å². The highest BCUT2D eigenvalue weighted by Crippen LogP contribution is 2.19. The van der Waals surface area contributed by atoms with Gasteiger partial charge in [0.15, 0.2) is 6.10 Å². The molecule has 8 heteroatoms.